The molecular weight excluding hydrogens is 436 g/mol. The van der Waals surface area contributed by atoms with Crippen LogP contribution in [-0.4, -0.2) is 39.8 Å². The number of nitriles is 1. The van der Waals surface area contributed by atoms with E-state index >= 15 is 0 Å². The van der Waals surface area contributed by atoms with Gasteiger partial charge in [0.2, 0.25) is 5.91 Å². The van der Waals surface area contributed by atoms with Gasteiger partial charge in [0.1, 0.15) is 5.01 Å². The fraction of sp³-hybridized carbons (Fsp3) is 0.320. The molecule has 7 nitrogen and oxygen atoms in total. The highest BCUT2D eigenvalue weighted by Crippen LogP contribution is 2.52. The summed E-state index contributed by atoms with van der Waals surface area (Å²) in [5.74, 6) is -0.250. The zero-order chi connectivity index (χ0) is 22.6. The summed E-state index contributed by atoms with van der Waals surface area (Å²) >= 11 is 1.48. The van der Waals surface area contributed by atoms with E-state index in [1.165, 1.54) is 11.3 Å². The third-order valence-electron chi connectivity index (χ3n) is 7.01. The largest absolute Gasteiger partial charge is 0.449 e. The number of hydrogen-bond donors (Lipinski definition) is 0. The van der Waals surface area contributed by atoms with Crippen LogP contribution in [0.15, 0.2) is 48.1 Å². The van der Waals surface area contributed by atoms with Crippen LogP contribution >= 0.6 is 11.3 Å². The number of nitrogens with zero attached hydrogens (tertiary/aromatic N) is 4. The molecule has 2 aliphatic heterocycles. The van der Waals surface area contributed by atoms with E-state index in [2.05, 4.69) is 16.0 Å². The highest BCUT2D eigenvalue weighted by atomic mass is 32.1. The number of esters is 1. The number of hydrogen-bond acceptors (Lipinski definition) is 7. The highest BCUT2D eigenvalue weighted by Gasteiger charge is 2.57. The van der Waals surface area contributed by atoms with Crippen LogP contribution in [0.1, 0.15) is 45.8 Å². The minimum Gasteiger partial charge on any atom is -0.449 e. The number of fused-ring (bicyclic) bond motifs is 2. The average Bonchev–Trinajstić information content (AvgIpc) is 3.19. The summed E-state index contributed by atoms with van der Waals surface area (Å²) < 4.78 is 5.78. The standard InChI is InChI=1S/C25H20N4O3S/c26-10-5-21-28-20(14-33-21)16-1-3-17(4-2-16)24(7-8-24)23(31)29-12-9-25(15-29)19-6-11-27-13-18(19)22(30)32-25/h1-4,6,11,13-14H,5,7-9,12,15H2. The predicted octanol–water partition coefficient (Wildman–Crippen LogP) is 3.60. The molecule has 0 N–H and O–H groups in total. The van der Waals surface area contributed by atoms with E-state index in [4.69, 9.17) is 10.00 Å². The summed E-state index contributed by atoms with van der Waals surface area (Å²) in [5, 5.41) is 11.6. The molecule has 2 aromatic heterocycles. The first-order valence-corrected chi connectivity index (χ1v) is 11.8. The Morgan fingerprint density at radius 3 is 2.79 bits per heavy atom. The molecule has 1 amide bonds. The lowest BCUT2D eigenvalue weighted by Gasteiger charge is -2.27. The number of ether oxygens (including phenoxy) is 1. The summed E-state index contributed by atoms with van der Waals surface area (Å²) in [6.07, 6.45) is 5.77. The summed E-state index contributed by atoms with van der Waals surface area (Å²) in [7, 11) is 0. The molecule has 3 aliphatic rings. The van der Waals surface area contributed by atoms with E-state index in [0.29, 0.717) is 31.5 Å². The number of rotatable bonds is 4. The Balaban J connectivity index is 1.22. The molecule has 0 radical (unpaired) electrons. The second-order valence-electron chi connectivity index (χ2n) is 8.90. The van der Waals surface area contributed by atoms with Crippen molar-refractivity contribution in [2.75, 3.05) is 13.1 Å². The maximum absolute atomic E-state index is 13.6. The Labute approximate surface area is 194 Å². The predicted molar refractivity (Wildman–Crippen MR) is 120 cm³/mol. The van der Waals surface area contributed by atoms with Gasteiger partial charge in [-0.25, -0.2) is 9.78 Å². The molecule has 33 heavy (non-hydrogen) atoms. The maximum atomic E-state index is 13.6. The molecule has 1 aliphatic carbocycles. The molecule has 1 aromatic carbocycles. The van der Waals surface area contributed by atoms with Crippen molar-refractivity contribution in [2.24, 2.45) is 0 Å². The van der Waals surface area contributed by atoms with E-state index in [0.717, 1.165) is 40.2 Å². The van der Waals surface area contributed by atoms with E-state index in [1.54, 1.807) is 12.4 Å². The Hall–Kier alpha value is -3.57. The van der Waals surface area contributed by atoms with Crippen LogP contribution in [0.5, 0.6) is 0 Å². The molecule has 1 unspecified atom stereocenters. The molecule has 3 aromatic rings. The first-order chi connectivity index (χ1) is 16.0. The van der Waals surface area contributed by atoms with Crippen LogP contribution in [0, 0.1) is 11.3 Å². The van der Waals surface area contributed by atoms with Crippen molar-refractivity contribution in [3.8, 4) is 17.3 Å². The van der Waals surface area contributed by atoms with Crippen LogP contribution < -0.4 is 0 Å². The van der Waals surface area contributed by atoms with Gasteiger partial charge < -0.3 is 9.64 Å². The molecule has 1 saturated carbocycles. The number of carbonyl (C=O) groups is 2. The SMILES string of the molecule is N#CCc1nc(-c2ccc(C3(C(=O)N4CCC5(C4)OC(=O)c4cnccc45)CC3)cc2)cs1. The first-order valence-electron chi connectivity index (χ1n) is 10.9. The Morgan fingerprint density at radius 1 is 1.21 bits per heavy atom. The van der Waals surface area contributed by atoms with E-state index < -0.39 is 11.0 Å². The van der Waals surface area contributed by atoms with Crippen LogP contribution in [0.3, 0.4) is 0 Å². The monoisotopic (exact) mass is 456 g/mol. The lowest BCUT2D eigenvalue weighted by Crippen LogP contribution is -2.40. The molecule has 0 bridgehead atoms. The van der Waals surface area contributed by atoms with Crippen LogP contribution in [-0.2, 0) is 27.0 Å². The smallest absolute Gasteiger partial charge is 0.341 e. The number of likely N-dealkylation sites (tertiary alicyclic amines) is 1. The van der Waals surface area contributed by atoms with E-state index in [9.17, 15) is 9.59 Å². The van der Waals surface area contributed by atoms with Crippen molar-refractivity contribution in [3.05, 3.63) is 69.8 Å². The van der Waals surface area contributed by atoms with Gasteiger partial charge in [-0.05, 0) is 24.5 Å². The second-order valence-corrected chi connectivity index (χ2v) is 9.85. The quantitative estimate of drug-likeness (QED) is 0.557. The normalized spacial score (nSPS) is 22.2. The summed E-state index contributed by atoms with van der Waals surface area (Å²) in [6, 6.07) is 12.0. The highest BCUT2D eigenvalue weighted by molar-refractivity contribution is 7.10. The van der Waals surface area contributed by atoms with Gasteiger partial charge in [-0.3, -0.25) is 9.78 Å². The summed E-state index contributed by atoms with van der Waals surface area (Å²) in [6.45, 7) is 0.948. The maximum Gasteiger partial charge on any atom is 0.341 e. The first kappa shape index (κ1) is 20.1. The van der Waals surface area contributed by atoms with Crippen LogP contribution in [0.2, 0.25) is 0 Å². The number of pyridine rings is 1. The van der Waals surface area contributed by atoms with Gasteiger partial charge in [-0.15, -0.1) is 11.3 Å². The van der Waals surface area contributed by atoms with Crippen LogP contribution in [0.25, 0.3) is 11.3 Å². The number of benzene rings is 1. The van der Waals surface area contributed by atoms with Crippen molar-refractivity contribution < 1.29 is 14.3 Å². The molecule has 1 spiro atoms. The Morgan fingerprint density at radius 2 is 2.03 bits per heavy atom. The Kier molecular flexibility index (Phi) is 4.39. The lowest BCUT2D eigenvalue weighted by molar-refractivity contribution is -0.134. The summed E-state index contributed by atoms with van der Waals surface area (Å²) in [5.41, 5.74) is 2.93. The zero-order valence-corrected chi connectivity index (χ0v) is 18.6. The van der Waals surface area contributed by atoms with Gasteiger partial charge in [-0.2, -0.15) is 5.26 Å². The van der Waals surface area contributed by atoms with Crippen molar-refractivity contribution in [1.29, 1.82) is 5.26 Å². The third-order valence-corrected chi connectivity index (χ3v) is 7.86. The van der Waals surface area contributed by atoms with Crippen molar-refractivity contribution in [1.82, 2.24) is 14.9 Å². The number of carbonyl (C=O) groups excluding carboxylic acids is 2. The van der Waals surface area contributed by atoms with Gasteiger partial charge in [-0.1, -0.05) is 24.3 Å². The average molecular weight is 457 g/mol. The van der Waals surface area contributed by atoms with Crippen molar-refractivity contribution >= 4 is 23.2 Å². The fourth-order valence-electron chi connectivity index (χ4n) is 5.11. The zero-order valence-electron chi connectivity index (χ0n) is 17.8. The molecule has 8 heteroatoms. The van der Waals surface area contributed by atoms with Crippen molar-refractivity contribution in [2.45, 2.75) is 36.7 Å². The van der Waals surface area contributed by atoms with Crippen LogP contribution in [0.4, 0.5) is 0 Å². The Bertz CT molecular complexity index is 1320. The van der Waals surface area contributed by atoms with Gasteiger partial charge in [0.15, 0.2) is 5.60 Å². The third kappa shape index (κ3) is 3.07. The topological polar surface area (TPSA) is 96.2 Å². The summed E-state index contributed by atoms with van der Waals surface area (Å²) in [4.78, 5) is 36.4. The second kappa shape index (κ2) is 7.22. The number of thiazole rings is 1. The molecular formula is C25H20N4O3S. The van der Waals surface area contributed by atoms with Gasteiger partial charge in [0, 0.05) is 41.9 Å². The number of amides is 1. The van der Waals surface area contributed by atoms with Gasteiger partial charge >= 0.3 is 5.97 Å². The molecule has 4 heterocycles. The molecule has 6 rings (SSSR count). The van der Waals surface area contributed by atoms with E-state index in [-0.39, 0.29) is 11.9 Å². The van der Waals surface area contributed by atoms with Crippen molar-refractivity contribution in [3.63, 3.8) is 0 Å². The van der Waals surface area contributed by atoms with Gasteiger partial charge in [0.25, 0.3) is 0 Å². The number of aromatic nitrogens is 2. The fourth-order valence-corrected chi connectivity index (χ4v) is 5.84. The molecule has 1 atom stereocenters. The molecule has 164 valence electrons. The minimum atomic E-state index is -0.753. The molecule has 1 saturated heterocycles. The van der Waals surface area contributed by atoms with Gasteiger partial charge in [0.05, 0.1) is 35.7 Å². The molecule has 2 fully saturated rings. The lowest BCUT2D eigenvalue weighted by atomic mass is 9.92. The minimum absolute atomic E-state index is 0.107. The van der Waals surface area contributed by atoms with E-state index in [1.807, 2.05) is 40.6 Å².